The summed E-state index contributed by atoms with van der Waals surface area (Å²) in [5.74, 6) is 0.897. The number of rotatable bonds is 6. The van der Waals surface area contributed by atoms with Crippen LogP contribution in [-0.2, 0) is 22.3 Å². The highest BCUT2D eigenvalue weighted by Gasteiger charge is 2.11. The molecule has 0 aliphatic carbocycles. The SMILES string of the molecule is COc1cc2ccc(=O)n(Cc3ccc(CS(N)(=O)=O)cc3)c2cc1OC. The van der Waals surface area contributed by atoms with Gasteiger partial charge in [0.25, 0.3) is 5.56 Å². The van der Waals surface area contributed by atoms with Gasteiger partial charge in [-0.25, -0.2) is 13.6 Å². The van der Waals surface area contributed by atoms with Crippen LogP contribution in [0.15, 0.2) is 53.3 Å². The number of hydrogen-bond donors (Lipinski definition) is 1. The lowest BCUT2D eigenvalue weighted by molar-refractivity contribution is 0.355. The van der Waals surface area contributed by atoms with Crippen LogP contribution in [0.25, 0.3) is 10.9 Å². The van der Waals surface area contributed by atoms with Crippen LogP contribution in [0.4, 0.5) is 0 Å². The van der Waals surface area contributed by atoms with E-state index in [1.165, 1.54) is 6.07 Å². The molecule has 0 aliphatic heterocycles. The van der Waals surface area contributed by atoms with Gasteiger partial charge in [0.1, 0.15) is 0 Å². The number of aromatic nitrogens is 1. The Balaban J connectivity index is 2.01. The minimum absolute atomic E-state index is 0.150. The first-order valence-electron chi connectivity index (χ1n) is 8.14. The number of sulfonamides is 1. The standard InChI is InChI=1S/C19H20N2O5S/c1-25-17-9-15-7-8-19(22)21(16(15)10-18(17)26-2)11-13-3-5-14(6-4-13)12-27(20,23)24/h3-10H,11-12H2,1-2H3,(H2,20,23,24). The number of nitrogens with zero attached hydrogens (tertiary/aromatic N) is 1. The van der Waals surface area contributed by atoms with E-state index in [2.05, 4.69) is 0 Å². The largest absolute Gasteiger partial charge is 0.493 e. The van der Waals surface area contributed by atoms with E-state index >= 15 is 0 Å². The van der Waals surface area contributed by atoms with Crippen LogP contribution < -0.4 is 20.2 Å². The van der Waals surface area contributed by atoms with Gasteiger partial charge in [-0.3, -0.25) is 4.79 Å². The third-order valence-corrected chi connectivity index (χ3v) is 4.96. The average molecular weight is 388 g/mol. The summed E-state index contributed by atoms with van der Waals surface area (Å²) in [5.41, 5.74) is 2.02. The maximum absolute atomic E-state index is 12.4. The predicted octanol–water partition coefficient (Wildman–Crippen LogP) is 1.86. The third kappa shape index (κ3) is 4.29. The number of benzene rings is 2. The summed E-state index contributed by atoms with van der Waals surface area (Å²) in [6.07, 6.45) is 0. The number of ether oxygens (including phenoxy) is 2. The second kappa shape index (κ2) is 7.42. The molecule has 0 atom stereocenters. The van der Waals surface area contributed by atoms with Gasteiger partial charge in [0.05, 0.1) is 32.0 Å². The summed E-state index contributed by atoms with van der Waals surface area (Å²) in [6.45, 7) is 0.335. The average Bonchev–Trinajstić information content (AvgIpc) is 2.63. The molecule has 0 aliphatic rings. The highest BCUT2D eigenvalue weighted by atomic mass is 32.2. The summed E-state index contributed by atoms with van der Waals surface area (Å²) < 4.78 is 34.7. The zero-order chi connectivity index (χ0) is 19.6. The van der Waals surface area contributed by atoms with Crippen molar-refractivity contribution in [1.82, 2.24) is 4.57 Å². The summed E-state index contributed by atoms with van der Waals surface area (Å²) in [6, 6.07) is 13.8. The summed E-state index contributed by atoms with van der Waals surface area (Å²) >= 11 is 0. The lowest BCUT2D eigenvalue weighted by atomic mass is 10.1. The number of primary sulfonamides is 1. The minimum Gasteiger partial charge on any atom is -0.493 e. The molecule has 0 unspecified atom stereocenters. The van der Waals surface area contributed by atoms with Crippen molar-refractivity contribution in [1.29, 1.82) is 0 Å². The Hall–Kier alpha value is -2.84. The summed E-state index contributed by atoms with van der Waals surface area (Å²) in [5, 5.41) is 5.91. The number of pyridine rings is 1. The normalized spacial score (nSPS) is 11.5. The molecule has 0 fully saturated rings. The number of fused-ring (bicyclic) bond motifs is 1. The number of hydrogen-bond acceptors (Lipinski definition) is 5. The quantitative estimate of drug-likeness (QED) is 0.695. The molecule has 0 bridgehead atoms. The zero-order valence-corrected chi connectivity index (χ0v) is 15.8. The van der Waals surface area contributed by atoms with Crippen molar-refractivity contribution in [3.05, 3.63) is 70.0 Å². The Labute approximate surface area is 157 Å². The highest BCUT2D eigenvalue weighted by Crippen LogP contribution is 2.31. The molecule has 3 rings (SSSR count). The predicted molar refractivity (Wildman–Crippen MR) is 104 cm³/mol. The van der Waals surface area contributed by atoms with E-state index < -0.39 is 10.0 Å². The number of nitrogens with two attached hydrogens (primary N) is 1. The molecule has 8 heteroatoms. The van der Waals surface area contributed by atoms with E-state index in [4.69, 9.17) is 14.6 Å². The van der Waals surface area contributed by atoms with Crippen molar-refractivity contribution < 1.29 is 17.9 Å². The van der Waals surface area contributed by atoms with E-state index in [-0.39, 0.29) is 11.3 Å². The highest BCUT2D eigenvalue weighted by molar-refractivity contribution is 7.88. The van der Waals surface area contributed by atoms with Gasteiger partial charge in [-0.05, 0) is 23.3 Å². The van der Waals surface area contributed by atoms with Gasteiger partial charge < -0.3 is 14.0 Å². The second-order valence-corrected chi connectivity index (χ2v) is 7.76. The Morgan fingerprint density at radius 3 is 2.11 bits per heavy atom. The zero-order valence-electron chi connectivity index (χ0n) is 15.0. The van der Waals surface area contributed by atoms with Crippen LogP contribution in [0, 0.1) is 0 Å². The molecule has 0 saturated carbocycles. The van der Waals surface area contributed by atoms with Gasteiger partial charge in [0.15, 0.2) is 11.5 Å². The summed E-state index contributed by atoms with van der Waals surface area (Å²) in [4.78, 5) is 12.4. The van der Waals surface area contributed by atoms with Gasteiger partial charge in [-0.15, -0.1) is 0 Å². The molecule has 142 valence electrons. The maximum atomic E-state index is 12.4. The molecule has 0 saturated heterocycles. The molecule has 0 spiro atoms. The Morgan fingerprint density at radius 1 is 0.926 bits per heavy atom. The van der Waals surface area contributed by atoms with Crippen LogP contribution in [0.3, 0.4) is 0 Å². The van der Waals surface area contributed by atoms with E-state index in [0.717, 1.165) is 10.9 Å². The molecule has 1 aromatic heterocycles. The van der Waals surface area contributed by atoms with Crippen LogP contribution in [0.5, 0.6) is 11.5 Å². The monoisotopic (exact) mass is 388 g/mol. The topological polar surface area (TPSA) is 101 Å². The molecule has 2 N–H and O–H groups in total. The van der Waals surface area contributed by atoms with Crippen molar-refractivity contribution in [3.8, 4) is 11.5 Å². The van der Waals surface area contributed by atoms with Gasteiger partial charge >= 0.3 is 0 Å². The minimum atomic E-state index is -3.58. The van der Waals surface area contributed by atoms with Gasteiger partial charge in [0, 0.05) is 17.5 Å². The first kappa shape index (κ1) is 18.9. The van der Waals surface area contributed by atoms with Crippen molar-refractivity contribution in [2.45, 2.75) is 12.3 Å². The van der Waals surface area contributed by atoms with Gasteiger partial charge in [-0.2, -0.15) is 0 Å². The first-order chi connectivity index (χ1) is 12.8. The van der Waals surface area contributed by atoms with Crippen LogP contribution in [-0.4, -0.2) is 27.2 Å². The molecule has 3 aromatic rings. The summed E-state index contributed by atoms with van der Waals surface area (Å²) in [7, 11) is -0.480. The van der Waals surface area contributed by atoms with Gasteiger partial charge in [-0.1, -0.05) is 24.3 Å². The van der Waals surface area contributed by atoms with E-state index in [1.807, 2.05) is 6.07 Å². The molecule has 0 radical (unpaired) electrons. The fourth-order valence-electron chi connectivity index (χ4n) is 2.94. The molecular formula is C19H20N2O5S. The molecule has 27 heavy (non-hydrogen) atoms. The number of methoxy groups -OCH3 is 2. The van der Waals surface area contributed by atoms with E-state index in [1.54, 1.807) is 55.2 Å². The molecule has 2 aromatic carbocycles. The Morgan fingerprint density at radius 2 is 1.52 bits per heavy atom. The molecular weight excluding hydrogens is 368 g/mol. The maximum Gasteiger partial charge on any atom is 0.251 e. The van der Waals surface area contributed by atoms with Crippen molar-refractivity contribution in [2.75, 3.05) is 14.2 Å². The smallest absolute Gasteiger partial charge is 0.251 e. The molecule has 0 amide bonds. The van der Waals surface area contributed by atoms with Gasteiger partial charge in [0.2, 0.25) is 10.0 Å². The van der Waals surface area contributed by atoms with Crippen LogP contribution >= 0.6 is 0 Å². The molecule has 1 heterocycles. The lowest BCUT2D eigenvalue weighted by Gasteiger charge is -2.14. The fraction of sp³-hybridized carbons (Fsp3) is 0.211. The molecule has 7 nitrogen and oxygen atoms in total. The lowest BCUT2D eigenvalue weighted by Crippen LogP contribution is -2.20. The van der Waals surface area contributed by atoms with Crippen molar-refractivity contribution >= 4 is 20.9 Å². The third-order valence-electron chi connectivity index (χ3n) is 4.23. The van der Waals surface area contributed by atoms with E-state index in [0.29, 0.717) is 29.1 Å². The van der Waals surface area contributed by atoms with Crippen molar-refractivity contribution in [3.63, 3.8) is 0 Å². The van der Waals surface area contributed by atoms with Crippen LogP contribution in [0.1, 0.15) is 11.1 Å². The van der Waals surface area contributed by atoms with Crippen molar-refractivity contribution in [2.24, 2.45) is 5.14 Å². The Bertz CT molecular complexity index is 1140. The van der Waals surface area contributed by atoms with Crippen LogP contribution in [0.2, 0.25) is 0 Å². The fourth-order valence-corrected chi connectivity index (χ4v) is 3.60. The second-order valence-electron chi connectivity index (χ2n) is 6.15. The first-order valence-corrected chi connectivity index (χ1v) is 9.86. The van der Waals surface area contributed by atoms with E-state index in [9.17, 15) is 13.2 Å². The Kier molecular flexibility index (Phi) is 5.20.